The molecule has 0 unspecified atom stereocenters. The smallest absolute Gasteiger partial charge is 0.350 e. The zero-order valence-corrected chi connectivity index (χ0v) is 15.3. The second-order valence-electron chi connectivity index (χ2n) is 6.11. The lowest BCUT2D eigenvalue weighted by Gasteiger charge is -2.05. The van der Waals surface area contributed by atoms with Gasteiger partial charge in [-0.3, -0.25) is 13.8 Å². The van der Waals surface area contributed by atoms with Crippen LogP contribution in [-0.2, 0) is 17.8 Å². The molecule has 0 aliphatic heterocycles. The number of hydrogen-bond donors (Lipinski definition) is 0. The Morgan fingerprint density at radius 2 is 2.07 bits per heavy atom. The van der Waals surface area contributed by atoms with Crippen LogP contribution in [0.25, 0.3) is 16.7 Å². The van der Waals surface area contributed by atoms with Gasteiger partial charge in [0.25, 0.3) is 5.56 Å². The predicted molar refractivity (Wildman–Crippen MR) is 98.4 cm³/mol. The maximum atomic E-state index is 12.9. The maximum Gasteiger partial charge on any atom is 0.350 e. The Morgan fingerprint density at radius 3 is 2.82 bits per heavy atom. The van der Waals surface area contributed by atoms with Crippen molar-refractivity contribution in [2.45, 2.75) is 26.9 Å². The number of furan rings is 1. The molecule has 0 saturated carbocycles. The summed E-state index contributed by atoms with van der Waals surface area (Å²) in [7, 11) is 0. The standard InChI is InChI=1S/C18H17N5O5/c1-3-27-17(25)13-11(2)28-15-14(13)16(24)21(10-19-15)8-9-23-18(26)22-7-5-4-6-12(22)20-23/h4-7,10H,3,8-9H2,1-2H3. The number of rotatable bonds is 5. The lowest BCUT2D eigenvalue weighted by molar-refractivity contribution is 0.0526. The summed E-state index contributed by atoms with van der Waals surface area (Å²) in [5.74, 6) is -0.362. The van der Waals surface area contributed by atoms with Crippen molar-refractivity contribution in [1.82, 2.24) is 23.7 Å². The number of carbonyl (C=O) groups is 1. The summed E-state index contributed by atoms with van der Waals surface area (Å²) < 4.78 is 14.5. The van der Waals surface area contributed by atoms with E-state index in [0.717, 1.165) is 0 Å². The Hall–Kier alpha value is -3.69. The van der Waals surface area contributed by atoms with Crippen molar-refractivity contribution in [3.05, 3.63) is 62.9 Å². The molecule has 0 spiro atoms. The summed E-state index contributed by atoms with van der Waals surface area (Å²) in [6.45, 7) is 3.75. The molecule has 0 N–H and O–H groups in total. The minimum absolute atomic E-state index is 0.0702. The van der Waals surface area contributed by atoms with Crippen LogP contribution in [0.3, 0.4) is 0 Å². The number of nitrogens with zero attached hydrogens (tertiary/aromatic N) is 5. The van der Waals surface area contributed by atoms with E-state index in [4.69, 9.17) is 9.15 Å². The van der Waals surface area contributed by atoms with Crippen LogP contribution in [0, 0.1) is 6.92 Å². The highest BCUT2D eigenvalue weighted by molar-refractivity contribution is 6.03. The molecule has 10 nitrogen and oxygen atoms in total. The average molecular weight is 383 g/mol. The van der Waals surface area contributed by atoms with Gasteiger partial charge in [0.05, 0.1) is 13.2 Å². The molecule has 0 fully saturated rings. The van der Waals surface area contributed by atoms with Crippen molar-refractivity contribution >= 4 is 22.7 Å². The predicted octanol–water partition coefficient (Wildman–Crippen LogP) is 0.984. The van der Waals surface area contributed by atoms with Crippen LogP contribution >= 0.6 is 0 Å². The monoisotopic (exact) mass is 383 g/mol. The Labute approximate surface area is 157 Å². The van der Waals surface area contributed by atoms with Crippen LogP contribution in [-0.4, -0.2) is 36.3 Å². The van der Waals surface area contributed by atoms with E-state index in [-0.39, 0.29) is 47.8 Å². The SMILES string of the molecule is CCOC(=O)c1c(C)oc2ncn(CCn3nc4ccccn4c3=O)c(=O)c12. The summed E-state index contributed by atoms with van der Waals surface area (Å²) in [6, 6.07) is 5.24. The van der Waals surface area contributed by atoms with Crippen molar-refractivity contribution < 1.29 is 13.9 Å². The molecule has 4 heterocycles. The van der Waals surface area contributed by atoms with Crippen molar-refractivity contribution in [1.29, 1.82) is 0 Å². The third-order valence-corrected chi connectivity index (χ3v) is 4.38. The molecule has 4 rings (SSSR count). The van der Waals surface area contributed by atoms with Crippen molar-refractivity contribution in [2.24, 2.45) is 0 Å². The first kappa shape index (κ1) is 17.7. The molecule has 10 heteroatoms. The van der Waals surface area contributed by atoms with Crippen LogP contribution in [0.4, 0.5) is 0 Å². The van der Waals surface area contributed by atoms with Gasteiger partial charge in [0.15, 0.2) is 5.65 Å². The van der Waals surface area contributed by atoms with Gasteiger partial charge in [-0.05, 0) is 26.0 Å². The van der Waals surface area contributed by atoms with Gasteiger partial charge in [0.2, 0.25) is 5.71 Å². The van der Waals surface area contributed by atoms with Crippen LogP contribution in [0.15, 0.2) is 44.7 Å². The Kier molecular flexibility index (Phi) is 4.30. The van der Waals surface area contributed by atoms with E-state index in [1.807, 2.05) is 0 Å². The number of carbonyl (C=O) groups excluding carboxylic acids is 1. The average Bonchev–Trinajstić information content (AvgIpc) is 3.19. The molecule has 144 valence electrons. The fourth-order valence-electron chi connectivity index (χ4n) is 3.06. The van der Waals surface area contributed by atoms with E-state index in [2.05, 4.69) is 10.1 Å². The molecular weight excluding hydrogens is 366 g/mol. The van der Waals surface area contributed by atoms with Gasteiger partial charge < -0.3 is 9.15 Å². The number of ether oxygens (including phenoxy) is 1. The molecule has 0 amide bonds. The number of fused-ring (bicyclic) bond motifs is 2. The minimum Gasteiger partial charge on any atom is -0.462 e. The summed E-state index contributed by atoms with van der Waals surface area (Å²) in [4.78, 5) is 41.6. The van der Waals surface area contributed by atoms with E-state index in [0.29, 0.717) is 5.65 Å². The van der Waals surface area contributed by atoms with Crippen molar-refractivity contribution in [2.75, 3.05) is 6.61 Å². The van der Waals surface area contributed by atoms with Gasteiger partial charge in [-0.1, -0.05) is 6.07 Å². The van der Waals surface area contributed by atoms with E-state index >= 15 is 0 Å². The van der Waals surface area contributed by atoms with Crippen molar-refractivity contribution in [3.8, 4) is 0 Å². The molecule has 0 aromatic carbocycles. The normalized spacial score (nSPS) is 11.4. The third kappa shape index (κ3) is 2.79. The zero-order valence-electron chi connectivity index (χ0n) is 15.3. The summed E-state index contributed by atoms with van der Waals surface area (Å²) in [6.07, 6.45) is 2.95. The first-order valence-corrected chi connectivity index (χ1v) is 8.71. The molecule has 4 aromatic rings. The highest BCUT2D eigenvalue weighted by Gasteiger charge is 2.23. The maximum absolute atomic E-state index is 12.9. The van der Waals surface area contributed by atoms with E-state index in [1.54, 1.807) is 38.2 Å². The minimum atomic E-state index is -0.632. The molecule has 0 radical (unpaired) electrons. The van der Waals surface area contributed by atoms with Gasteiger partial charge in [-0.2, -0.15) is 0 Å². The zero-order chi connectivity index (χ0) is 19.8. The quantitative estimate of drug-likeness (QED) is 0.472. The molecule has 0 aliphatic carbocycles. The second-order valence-corrected chi connectivity index (χ2v) is 6.11. The van der Waals surface area contributed by atoms with Crippen LogP contribution in [0.2, 0.25) is 0 Å². The molecule has 4 aromatic heterocycles. The highest BCUT2D eigenvalue weighted by atomic mass is 16.5. The lowest BCUT2D eigenvalue weighted by Crippen LogP contribution is -2.28. The van der Waals surface area contributed by atoms with Crippen LogP contribution in [0.1, 0.15) is 23.0 Å². The molecular formula is C18H17N5O5. The largest absolute Gasteiger partial charge is 0.462 e. The van der Waals surface area contributed by atoms with Gasteiger partial charge in [-0.25, -0.2) is 19.3 Å². The van der Waals surface area contributed by atoms with Crippen LogP contribution < -0.4 is 11.2 Å². The number of hydrogen-bond acceptors (Lipinski definition) is 7. The fraction of sp³-hybridized carbons (Fsp3) is 0.278. The summed E-state index contributed by atoms with van der Waals surface area (Å²) >= 11 is 0. The Balaban J connectivity index is 1.71. The molecule has 28 heavy (non-hydrogen) atoms. The Morgan fingerprint density at radius 1 is 1.25 bits per heavy atom. The third-order valence-electron chi connectivity index (χ3n) is 4.38. The fourth-order valence-corrected chi connectivity index (χ4v) is 3.06. The molecule has 0 bridgehead atoms. The topological polar surface area (TPSA) is 114 Å². The van der Waals surface area contributed by atoms with Crippen molar-refractivity contribution in [3.63, 3.8) is 0 Å². The number of esters is 1. The van der Waals surface area contributed by atoms with E-state index in [9.17, 15) is 14.4 Å². The second kappa shape index (κ2) is 6.80. The summed E-state index contributed by atoms with van der Waals surface area (Å²) in [5.41, 5.74) is -0.0745. The number of aryl methyl sites for hydroxylation is 3. The number of aromatic nitrogens is 5. The first-order chi connectivity index (χ1) is 13.5. The summed E-state index contributed by atoms with van der Waals surface area (Å²) in [5, 5.41) is 4.30. The molecule has 0 atom stereocenters. The van der Waals surface area contributed by atoms with Gasteiger partial charge in [-0.15, -0.1) is 5.10 Å². The molecule has 0 aliphatic rings. The van der Waals surface area contributed by atoms with Gasteiger partial charge in [0.1, 0.15) is 23.0 Å². The van der Waals surface area contributed by atoms with Gasteiger partial charge in [0, 0.05) is 12.7 Å². The highest BCUT2D eigenvalue weighted by Crippen LogP contribution is 2.21. The number of pyridine rings is 1. The van der Waals surface area contributed by atoms with E-state index < -0.39 is 11.5 Å². The molecule has 0 saturated heterocycles. The first-order valence-electron chi connectivity index (χ1n) is 8.71. The van der Waals surface area contributed by atoms with Gasteiger partial charge >= 0.3 is 11.7 Å². The van der Waals surface area contributed by atoms with E-state index in [1.165, 1.54) is 20.0 Å². The lowest BCUT2D eigenvalue weighted by atomic mass is 10.2. The Bertz CT molecular complexity index is 1310. The van der Waals surface area contributed by atoms with Crippen LogP contribution in [0.5, 0.6) is 0 Å².